The Labute approximate surface area is 178 Å². The van der Waals surface area contributed by atoms with Crippen LogP contribution >= 0.6 is 11.6 Å². The number of benzene rings is 2. The van der Waals surface area contributed by atoms with Crippen LogP contribution in [-0.4, -0.2) is 16.6 Å². The van der Waals surface area contributed by atoms with Crippen LogP contribution in [0.2, 0.25) is 0 Å². The van der Waals surface area contributed by atoms with Gasteiger partial charge in [0.05, 0.1) is 16.4 Å². The molecule has 0 saturated heterocycles. The van der Waals surface area contributed by atoms with Crippen molar-refractivity contribution in [1.29, 1.82) is 0 Å². The number of aromatic nitrogens is 2. The first-order valence-corrected chi connectivity index (χ1v) is 11.0. The number of nitrogens with two attached hydrogens (primary N) is 1. The van der Waals surface area contributed by atoms with E-state index >= 15 is 0 Å². The fourth-order valence-corrected chi connectivity index (χ4v) is 2.31. The molecule has 1 atom stereocenters. The molecule has 3 rings (SSSR count). The highest BCUT2D eigenvalue weighted by atomic mass is 35.5. The summed E-state index contributed by atoms with van der Waals surface area (Å²) in [7, 11) is 1.50. The van der Waals surface area contributed by atoms with Gasteiger partial charge in [-0.25, -0.2) is 4.98 Å². The van der Waals surface area contributed by atoms with Gasteiger partial charge < -0.3 is 5.73 Å². The quantitative estimate of drug-likeness (QED) is 0.437. The van der Waals surface area contributed by atoms with Crippen LogP contribution in [0.25, 0.3) is 16.7 Å². The Kier molecular flexibility index (Phi) is 23.7. The highest BCUT2D eigenvalue weighted by Crippen LogP contribution is 2.27. The maximum atomic E-state index is 6.25. The van der Waals surface area contributed by atoms with Gasteiger partial charge in [-0.1, -0.05) is 85.7 Å². The van der Waals surface area contributed by atoms with Crippen molar-refractivity contribution in [3.8, 4) is 5.69 Å². The molecule has 3 nitrogen and oxygen atoms in total. The molecule has 4 heteroatoms. The van der Waals surface area contributed by atoms with Gasteiger partial charge in [0.2, 0.25) is 0 Å². The Bertz CT molecular complexity index is 677. The molecule has 3 aromatic rings. The number of rotatable bonds is 2. The van der Waals surface area contributed by atoms with Gasteiger partial charge in [0.1, 0.15) is 5.82 Å². The largest absolute Gasteiger partial charge is 0.333 e. The lowest BCUT2D eigenvalue weighted by molar-refractivity contribution is 0.882. The lowest BCUT2D eigenvalue weighted by Gasteiger charge is -2.10. The van der Waals surface area contributed by atoms with Crippen LogP contribution in [0.3, 0.4) is 0 Å². The molecule has 0 radical (unpaired) electrons. The lowest BCUT2D eigenvalue weighted by atomic mass is 10.2. The van der Waals surface area contributed by atoms with Crippen molar-refractivity contribution in [3.63, 3.8) is 0 Å². The Morgan fingerprint density at radius 2 is 1.18 bits per heavy atom. The smallest absolute Gasteiger partial charge is 0.132 e. The third-order valence-corrected chi connectivity index (χ3v) is 3.15. The SMILES string of the molecule is CC.CC.CC.CC.CC(Cl)c1nc2ccccc2n1-c1ccccc1.CN. The molecule has 0 amide bonds. The molecule has 160 valence electrons. The first kappa shape index (κ1) is 30.9. The van der Waals surface area contributed by atoms with Crippen molar-refractivity contribution in [2.45, 2.75) is 67.7 Å². The highest BCUT2D eigenvalue weighted by Gasteiger charge is 2.15. The molecule has 0 spiro atoms. The third-order valence-electron chi connectivity index (χ3n) is 2.96. The van der Waals surface area contributed by atoms with E-state index in [4.69, 9.17) is 11.6 Å². The normalized spacial score (nSPS) is 9.29. The Hall–Kier alpha value is -1.84. The zero-order chi connectivity index (χ0) is 22.5. The second-order valence-corrected chi connectivity index (χ2v) is 4.90. The molecular weight excluding hydrogens is 366 g/mol. The molecule has 1 heterocycles. The van der Waals surface area contributed by atoms with Crippen molar-refractivity contribution < 1.29 is 0 Å². The van der Waals surface area contributed by atoms with Crippen LogP contribution in [0.4, 0.5) is 0 Å². The minimum atomic E-state index is -0.127. The van der Waals surface area contributed by atoms with Crippen LogP contribution in [-0.2, 0) is 0 Å². The molecular formula is C24H42ClN3. The van der Waals surface area contributed by atoms with E-state index in [1.54, 1.807) is 0 Å². The molecule has 2 N–H and O–H groups in total. The molecule has 0 aliphatic carbocycles. The van der Waals surface area contributed by atoms with E-state index in [1.807, 2.05) is 98.7 Å². The van der Waals surface area contributed by atoms with Crippen molar-refractivity contribution in [2.75, 3.05) is 7.05 Å². The van der Waals surface area contributed by atoms with Gasteiger partial charge in [-0.2, -0.15) is 0 Å². The molecule has 0 bridgehead atoms. The summed E-state index contributed by atoms with van der Waals surface area (Å²) in [6.45, 7) is 17.9. The van der Waals surface area contributed by atoms with E-state index in [2.05, 4.69) is 33.5 Å². The number of alkyl halides is 1. The van der Waals surface area contributed by atoms with Crippen molar-refractivity contribution in [2.24, 2.45) is 5.73 Å². The van der Waals surface area contributed by atoms with Gasteiger partial charge in [0.25, 0.3) is 0 Å². The molecule has 1 unspecified atom stereocenters. The maximum Gasteiger partial charge on any atom is 0.132 e. The molecule has 0 fully saturated rings. The number of hydrogen-bond acceptors (Lipinski definition) is 2. The number of halogens is 1. The molecule has 2 aromatic carbocycles. The van der Waals surface area contributed by atoms with E-state index in [0.29, 0.717) is 0 Å². The summed E-state index contributed by atoms with van der Waals surface area (Å²) in [4.78, 5) is 4.62. The van der Waals surface area contributed by atoms with E-state index in [-0.39, 0.29) is 5.38 Å². The van der Waals surface area contributed by atoms with E-state index in [9.17, 15) is 0 Å². The number of para-hydroxylation sites is 3. The molecule has 0 aliphatic heterocycles. The summed E-state index contributed by atoms with van der Waals surface area (Å²) in [5.74, 6) is 0.879. The summed E-state index contributed by atoms with van der Waals surface area (Å²) in [5.41, 5.74) is 7.66. The second kappa shape index (κ2) is 21.5. The third kappa shape index (κ3) is 9.38. The monoisotopic (exact) mass is 407 g/mol. The molecule has 0 aliphatic rings. The summed E-state index contributed by atoms with van der Waals surface area (Å²) < 4.78 is 2.12. The second-order valence-electron chi connectivity index (χ2n) is 4.25. The van der Waals surface area contributed by atoms with Crippen LogP contribution in [0, 0.1) is 0 Å². The summed E-state index contributed by atoms with van der Waals surface area (Å²) in [6.07, 6.45) is 0. The molecule has 28 heavy (non-hydrogen) atoms. The van der Waals surface area contributed by atoms with Crippen molar-refractivity contribution in [3.05, 3.63) is 60.4 Å². The fraction of sp³-hybridized carbons (Fsp3) is 0.458. The van der Waals surface area contributed by atoms with Crippen LogP contribution < -0.4 is 5.73 Å². The zero-order valence-corrected chi connectivity index (χ0v) is 20.4. The first-order valence-electron chi connectivity index (χ1n) is 10.5. The first-order chi connectivity index (χ1) is 13.8. The maximum absolute atomic E-state index is 6.25. The predicted octanol–water partition coefficient (Wildman–Crippen LogP) is 8.01. The van der Waals surface area contributed by atoms with E-state index in [0.717, 1.165) is 22.5 Å². The number of fused-ring (bicyclic) bond motifs is 1. The van der Waals surface area contributed by atoms with Gasteiger partial charge in [-0.05, 0) is 38.2 Å². The van der Waals surface area contributed by atoms with Gasteiger partial charge >= 0.3 is 0 Å². The summed E-state index contributed by atoms with van der Waals surface area (Å²) in [5, 5.41) is -0.127. The fourth-order valence-electron chi connectivity index (χ4n) is 2.16. The van der Waals surface area contributed by atoms with Gasteiger partial charge in [0, 0.05) is 5.69 Å². The van der Waals surface area contributed by atoms with Gasteiger partial charge in [-0.15, -0.1) is 11.6 Å². The highest BCUT2D eigenvalue weighted by molar-refractivity contribution is 6.20. The van der Waals surface area contributed by atoms with Crippen molar-refractivity contribution >= 4 is 22.6 Å². The molecule has 1 aromatic heterocycles. The van der Waals surface area contributed by atoms with Crippen LogP contribution in [0.5, 0.6) is 0 Å². The summed E-state index contributed by atoms with van der Waals surface area (Å²) in [6, 6.07) is 18.3. The Morgan fingerprint density at radius 3 is 1.64 bits per heavy atom. The predicted molar refractivity (Wildman–Crippen MR) is 131 cm³/mol. The standard InChI is InChI=1S/C15H13ClN2.4C2H6.CH5N/c1-11(16)15-17-13-9-5-6-10-14(13)18(15)12-7-3-2-4-8-12;5*1-2/h2-11H,1H3;4*1-2H3;2H2,1H3. The topological polar surface area (TPSA) is 43.8 Å². The van der Waals surface area contributed by atoms with Crippen molar-refractivity contribution in [1.82, 2.24) is 9.55 Å². The van der Waals surface area contributed by atoms with E-state index < -0.39 is 0 Å². The van der Waals surface area contributed by atoms with Gasteiger partial charge in [-0.3, -0.25) is 4.57 Å². The zero-order valence-electron chi connectivity index (χ0n) is 19.6. The average molecular weight is 408 g/mol. The van der Waals surface area contributed by atoms with Crippen LogP contribution in [0.1, 0.15) is 73.5 Å². The van der Waals surface area contributed by atoms with E-state index in [1.165, 1.54) is 7.05 Å². The van der Waals surface area contributed by atoms with Gasteiger partial charge in [0.15, 0.2) is 0 Å². The minimum Gasteiger partial charge on any atom is -0.333 e. The number of hydrogen-bond donors (Lipinski definition) is 1. The minimum absolute atomic E-state index is 0.127. The average Bonchev–Trinajstić information content (AvgIpc) is 3.21. The number of nitrogens with zero attached hydrogens (tertiary/aromatic N) is 2. The molecule has 0 saturated carbocycles. The lowest BCUT2D eigenvalue weighted by Crippen LogP contribution is -2.01. The Balaban J connectivity index is -0.000000548. The summed E-state index contributed by atoms with van der Waals surface area (Å²) >= 11 is 6.25. The van der Waals surface area contributed by atoms with Crippen LogP contribution in [0.15, 0.2) is 54.6 Å². The number of imidazole rings is 1. The Morgan fingerprint density at radius 1 is 0.750 bits per heavy atom.